The lowest BCUT2D eigenvalue weighted by Crippen LogP contribution is -1.67. The van der Waals surface area contributed by atoms with Gasteiger partial charge in [0, 0.05) is 14.2 Å². The van der Waals surface area contributed by atoms with E-state index < -0.39 is 0 Å². The number of aromatic nitrogens is 2. The number of carbonyl (C=O) groups is 1. The Labute approximate surface area is 168 Å². The Morgan fingerprint density at radius 2 is 1.19 bits per heavy atom. The molecule has 0 aliphatic carbocycles. The largest absolute Gasteiger partial charge is 0.388 e. The van der Waals surface area contributed by atoms with Crippen LogP contribution in [0.4, 0.5) is 0 Å². The standard InChI is InChI=1S/C14H8N2S4.C2H6O.C2H4O/c1-3-7-11-9(5-1)15-13(17-11)19-20-14-16-10-6-2-4-8-12(10)18-14;1-3-2;1-2-3/h1-8H;1-2H3;2H,1H3. The van der Waals surface area contributed by atoms with Crippen molar-refractivity contribution in [2.24, 2.45) is 0 Å². The van der Waals surface area contributed by atoms with Crippen molar-refractivity contribution in [1.82, 2.24) is 9.97 Å². The number of hydrogen-bond donors (Lipinski definition) is 0. The number of para-hydroxylation sites is 2. The minimum absolute atomic E-state index is 0.750. The fourth-order valence-corrected chi connectivity index (χ4v) is 6.34. The Balaban J connectivity index is 0.000000361. The Morgan fingerprint density at radius 1 is 0.846 bits per heavy atom. The third-order valence-electron chi connectivity index (χ3n) is 2.73. The maximum absolute atomic E-state index is 8.81. The van der Waals surface area contributed by atoms with Crippen LogP contribution in [0.1, 0.15) is 6.92 Å². The predicted molar refractivity (Wildman–Crippen MR) is 116 cm³/mol. The normalized spacial score (nSPS) is 9.96. The molecule has 0 bridgehead atoms. The Kier molecular flexibility index (Phi) is 9.07. The zero-order valence-electron chi connectivity index (χ0n) is 14.5. The molecular weight excluding hydrogens is 404 g/mol. The van der Waals surface area contributed by atoms with Crippen molar-refractivity contribution in [3.8, 4) is 0 Å². The highest BCUT2D eigenvalue weighted by Crippen LogP contribution is 2.43. The van der Waals surface area contributed by atoms with E-state index in [-0.39, 0.29) is 0 Å². The number of methoxy groups -OCH3 is 1. The van der Waals surface area contributed by atoms with Crippen LogP contribution >= 0.6 is 44.3 Å². The van der Waals surface area contributed by atoms with E-state index in [1.807, 2.05) is 12.1 Å². The van der Waals surface area contributed by atoms with E-state index in [1.165, 1.54) is 16.3 Å². The van der Waals surface area contributed by atoms with Gasteiger partial charge in [-0.2, -0.15) is 0 Å². The number of benzene rings is 2. The van der Waals surface area contributed by atoms with Crippen LogP contribution in [0.15, 0.2) is 57.2 Å². The first-order valence-electron chi connectivity index (χ1n) is 7.57. The molecule has 4 rings (SSSR count). The van der Waals surface area contributed by atoms with E-state index in [4.69, 9.17) is 4.79 Å². The summed E-state index contributed by atoms with van der Waals surface area (Å²) in [7, 11) is 6.62. The molecule has 0 radical (unpaired) electrons. The van der Waals surface area contributed by atoms with Gasteiger partial charge in [0.1, 0.15) is 6.29 Å². The fourth-order valence-electron chi connectivity index (χ4n) is 1.84. The topological polar surface area (TPSA) is 52.1 Å². The van der Waals surface area contributed by atoms with Crippen molar-refractivity contribution < 1.29 is 9.53 Å². The molecule has 8 heteroatoms. The molecule has 0 fully saturated rings. The molecule has 0 atom stereocenters. The van der Waals surface area contributed by atoms with Crippen LogP contribution in [0.5, 0.6) is 0 Å². The molecule has 0 unspecified atom stereocenters. The number of hydrogen-bond acceptors (Lipinski definition) is 8. The van der Waals surface area contributed by atoms with Crippen molar-refractivity contribution >= 4 is 71.0 Å². The highest BCUT2D eigenvalue weighted by atomic mass is 33.1. The molecule has 0 amide bonds. The van der Waals surface area contributed by atoms with E-state index in [1.54, 1.807) is 58.5 Å². The fraction of sp³-hybridized carbons (Fsp3) is 0.167. The van der Waals surface area contributed by atoms with Crippen LogP contribution in [0.25, 0.3) is 20.4 Å². The third-order valence-corrected chi connectivity index (χ3v) is 7.78. The number of thiazole rings is 2. The van der Waals surface area contributed by atoms with E-state index >= 15 is 0 Å². The summed E-state index contributed by atoms with van der Waals surface area (Å²) in [5.74, 6) is 0. The third kappa shape index (κ3) is 6.07. The zero-order valence-corrected chi connectivity index (χ0v) is 17.8. The van der Waals surface area contributed by atoms with Gasteiger partial charge < -0.3 is 9.53 Å². The van der Waals surface area contributed by atoms with Gasteiger partial charge in [-0.3, -0.25) is 0 Å². The monoisotopic (exact) mass is 422 g/mol. The van der Waals surface area contributed by atoms with Gasteiger partial charge in [0.05, 0.1) is 20.4 Å². The molecule has 0 saturated carbocycles. The lowest BCUT2D eigenvalue weighted by molar-refractivity contribution is -0.106. The average molecular weight is 423 g/mol. The minimum Gasteiger partial charge on any atom is -0.388 e. The van der Waals surface area contributed by atoms with E-state index in [9.17, 15) is 0 Å². The van der Waals surface area contributed by atoms with Gasteiger partial charge >= 0.3 is 0 Å². The first kappa shape index (κ1) is 20.9. The van der Waals surface area contributed by atoms with Crippen molar-refractivity contribution in [3.05, 3.63) is 48.5 Å². The molecule has 0 N–H and O–H groups in total. The number of rotatable bonds is 3. The number of nitrogens with zero attached hydrogens (tertiary/aromatic N) is 2. The SMILES string of the molecule is CC=O.COC.c1ccc2sc(SSc3nc4ccccc4s3)nc2c1. The van der Waals surface area contributed by atoms with Crippen LogP contribution in [-0.2, 0) is 9.53 Å². The van der Waals surface area contributed by atoms with Gasteiger partial charge in [0.15, 0.2) is 8.68 Å². The molecule has 4 aromatic rings. The first-order chi connectivity index (χ1) is 12.7. The molecule has 26 heavy (non-hydrogen) atoms. The van der Waals surface area contributed by atoms with Crippen LogP contribution in [-0.4, -0.2) is 30.5 Å². The molecule has 4 nitrogen and oxygen atoms in total. The van der Waals surface area contributed by atoms with Gasteiger partial charge in [-0.1, -0.05) is 24.3 Å². The summed E-state index contributed by atoms with van der Waals surface area (Å²) in [5, 5.41) is 0. The van der Waals surface area contributed by atoms with Gasteiger partial charge in [0.2, 0.25) is 0 Å². The summed E-state index contributed by atoms with van der Waals surface area (Å²) in [6, 6.07) is 16.5. The smallest absolute Gasteiger partial charge is 0.162 e. The molecule has 0 aliphatic rings. The average Bonchev–Trinajstić information content (AvgIpc) is 3.24. The summed E-state index contributed by atoms with van der Waals surface area (Å²) in [5.41, 5.74) is 2.15. The highest BCUT2D eigenvalue weighted by Gasteiger charge is 2.08. The number of ether oxygens (including phenoxy) is 1. The molecule has 0 spiro atoms. The highest BCUT2D eigenvalue weighted by molar-refractivity contribution is 8.77. The molecule has 2 heterocycles. The molecule has 2 aromatic carbocycles. The minimum atomic E-state index is 0.750. The maximum atomic E-state index is 8.81. The van der Waals surface area contributed by atoms with E-state index in [0.717, 1.165) is 26.0 Å². The summed E-state index contributed by atoms with van der Waals surface area (Å²) < 4.78 is 8.88. The second-order valence-corrected chi connectivity index (χ2v) is 9.39. The molecule has 0 saturated heterocycles. The number of fused-ring (bicyclic) bond motifs is 2. The Bertz CT molecular complexity index is 812. The number of aldehydes is 1. The van der Waals surface area contributed by atoms with Crippen molar-refractivity contribution in [1.29, 1.82) is 0 Å². The quantitative estimate of drug-likeness (QED) is 0.290. The van der Waals surface area contributed by atoms with Gasteiger partial charge in [-0.05, 0) is 52.8 Å². The first-order valence-corrected chi connectivity index (χ1v) is 11.4. The lowest BCUT2D eigenvalue weighted by atomic mass is 10.3. The Morgan fingerprint density at radius 3 is 1.54 bits per heavy atom. The summed E-state index contributed by atoms with van der Waals surface area (Å²) in [4.78, 5) is 18.0. The van der Waals surface area contributed by atoms with Crippen molar-refractivity contribution in [2.45, 2.75) is 15.6 Å². The van der Waals surface area contributed by atoms with E-state index in [2.05, 4.69) is 51.1 Å². The van der Waals surface area contributed by atoms with Crippen molar-refractivity contribution in [2.75, 3.05) is 14.2 Å². The maximum Gasteiger partial charge on any atom is 0.162 e. The van der Waals surface area contributed by atoms with Crippen LogP contribution < -0.4 is 0 Å². The van der Waals surface area contributed by atoms with Gasteiger partial charge in [-0.25, -0.2) is 9.97 Å². The summed E-state index contributed by atoms with van der Waals surface area (Å²) >= 11 is 3.46. The predicted octanol–water partition coefficient (Wildman–Crippen LogP) is 6.17. The van der Waals surface area contributed by atoms with Crippen LogP contribution in [0.2, 0.25) is 0 Å². The molecule has 136 valence electrons. The Hall–Kier alpha value is -1.45. The second kappa shape index (κ2) is 11.3. The lowest BCUT2D eigenvalue weighted by Gasteiger charge is -1.90. The van der Waals surface area contributed by atoms with Gasteiger partial charge in [-0.15, -0.1) is 22.7 Å². The van der Waals surface area contributed by atoms with E-state index in [0.29, 0.717) is 0 Å². The van der Waals surface area contributed by atoms with Crippen molar-refractivity contribution in [3.63, 3.8) is 0 Å². The van der Waals surface area contributed by atoms with Crippen LogP contribution in [0.3, 0.4) is 0 Å². The zero-order chi connectivity index (χ0) is 18.8. The molecule has 2 aromatic heterocycles. The van der Waals surface area contributed by atoms with Crippen LogP contribution in [0, 0.1) is 0 Å². The molecular formula is C18H18N2O2S4. The summed E-state index contributed by atoms with van der Waals surface area (Å²) in [6.45, 7) is 1.44. The van der Waals surface area contributed by atoms with Gasteiger partial charge in [0.25, 0.3) is 0 Å². The molecule has 0 aliphatic heterocycles. The second-order valence-electron chi connectivity index (χ2n) is 4.71. The number of carbonyl (C=O) groups excluding carboxylic acids is 1. The summed E-state index contributed by atoms with van der Waals surface area (Å²) in [6.07, 6.45) is 0.750.